The van der Waals surface area contributed by atoms with Crippen molar-refractivity contribution >= 4 is 15.9 Å². The molecule has 0 atom stereocenters. The molecule has 1 aliphatic rings. The summed E-state index contributed by atoms with van der Waals surface area (Å²) in [5.74, 6) is -0.292. The van der Waals surface area contributed by atoms with Gasteiger partial charge in [-0.25, -0.2) is 12.8 Å². The van der Waals surface area contributed by atoms with Crippen molar-refractivity contribution in [2.45, 2.75) is 13.8 Å². The molecule has 1 amide bonds. The lowest BCUT2D eigenvalue weighted by Crippen LogP contribution is -2.51. The highest BCUT2D eigenvalue weighted by atomic mass is 32.2. The molecule has 0 aliphatic carbocycles. The second-order valence-corrected chi connectivity index (χ2v) is 8.57. The van der Waals surface area contributed by atoms with E-state index in [0.29, 0.717) is 31.2 Å². The number of nitrogens with zero attached hydrogens (tertiary/aromatic N) is 2. The van der Waals surface area contributed by atoms with Crippen molar-refractivity contribution in [2.75, 3.05) is 45.1 Å². The van der Waals surface area contributed by atoms with Gasteiger partial charge in [0, 0.05) is 38.3 Å². The molecule has 1 saturated heterocycles. The first-order chi connectivity index (χ1) is 11.8. The van der Waals surface area contributed by atoms with Crippen molar-refractivity contribution < 1.29 is 22.3 Å². The molecule has 0 radical (unpaired) electrons. The lowest BCUT2D eigenvalue weighted by Gasteiger charge is -2.34. The zero-order valence-corrected chi connectivity index (χ0v) is 15.5. The maximum Gasteiger partial charge on any atom is 0.253 e. The van der Waals surface area contributed by atoms with E-state index in [1.54, 1.807) is 4.90 Å². The number of benzene rings is 1. The number of halogens is 1. The van der Waals surface area contributed by atoms with Gasteiger partial charge in [0.1, 0.15) is 5.82 Å². The molecule has 1 heterocycles. The summed E-state index contributed by atoms with van der Waals surface area (Å²) >= 11 is 0. The molecule has 1 aromatic rings. The Morgan fingerprint density at radius 2 is 1.76 bits per heavy atom. The third kappa shape index (κ3) is 5.76. The van der Waals surface area contributed by atoms with Crippen molar-refractivity contribution in [1.29, 1.82) is 0 Å². The van der Waals surface area contributed by atoms with Crippen molar-refractivity contribution in [3.8, 4) is 0 Å². The molecule has 0 aromatic heterocycles. The van der Waals surface area contributed by atoms with E-state index in [4.69, 9.17) is 4.74 Å². The molecular weight excluding hydrogens is 347 g/mol. The molecule has 0 unspecified atom stereocenters. The van der Waals surface area contributed by atoms with Crippen LogP contribution in [0.2, 0.25) is 0 Å². The van der Waals surface area contributed by atoms with Crippen LogP contribution in [0.1, 0.15) is 24.2 Å². The third-order valence-electron chi connectivity index (χ3n) is 3.95. The Hall–Kier alpha value is -1.51. The van der Waals surface area contributed by atoms with Crippen LogP contribution in [0.3, 0.4) is 0 Å². The minimum Gasteiger partial charge on any atom is -0.380 e. The van der Waals surface area contributed by atoms with Gasteiger partial charge < -0.3 is 9.64 Å². The maximum absolute atomic E-state index is 12.9. The van der Waals surface area contributed by atoms with E-state index >= 15 is 0 Å². The summed E-state index contributed by atoms with van der Waals surface area (Å²) in [6.07, 6.45) is 0. The number of carbonyl (C=O) groups is 1. The SMILES string of the molecule is CC(C)COCCS(=O)(=O)N1CCN(C(=O)c2ccc(F)cc2)CC1. The topological polar surface area (TPSA) is 66.9 Å². The Labute approximate surface area is 148 Å². The fraction of sp³-hybridized carbons (Fsp3) is 0.588. The summed E-state index contributed by atoms with van der Waals surface area (Å²) in [6.45, 7) is 5.89. The smallest absolute Gasteiger partial charge is 0.253 e. The summed E-state index contributed by atoms with van der Waals surface area (Å²) in [5, 5.41) is 0. The Balaban J connectivity index is 1.84. The highest BCUT2D eigenvalue weighted by molar-refractivity contribution is 7.89. The van der Waals surface area contributed by atoms with Crippen LogP contribution >= 0.6 is 0 Å². The monoisotopic (exact) mass is 372 g/mol. The zero-order valence-electron chi connectivity index (χ0n) is 14.7. The van der Waals surface area contributed by atoms with E-state index in [2.05, 4.69) is 0 Å². The average molecular weight is 372 g/mol. The number of carbonyl (C=O) groups excluding carboxylic acids is 1. The fourth-order valence-corrected chi connectivity index (χ4v) is 3.86. The molecule has 8 heteroatoms. The van der Waals surface area contributed by atoms with Crippen LogP contribution in [0.4, 0.5) is 4.39 Å². The molecular formula is C17H25FN2O4S. The van der Waals surface area contributed by atoms with Gasteiger partial charge in [0.05, 0.1) is 12.4 Å². The van der Waals surface area contributed by atoms with Crippen molar-refractivity contribution in [1.82, 2.24) is 9.21 Å². The van der Waals surface area contributed by atoms with Gasteiger partial charge in [0.15, 0.2) is 0 Å². The van der Waals surface area contributed by atoms with Gasteiger partial charge >= 0.3 is 0 Å². The molecule has 1 aliphatic heterocycles. The van der Waals surface area contributed by atoms with Crippen LogP contribution in [-0.2, 0) is 14.8 Å². The standard InChI is InChI=1S/C17H25FN2O4S/c1-14(2)13-24-11-12-25(22,23)20-9-7-19(8-10-20)17(21)15-3-5-16(18)6-4-15/h3-6,14H,7-13H2,1-2H3. The Morgan fingerprint density at radius 3 is 2.32 bits per heavy atom. The van der Waals surface area contributed by atoms with Gasteiger partial charge in [-0.15, -0.1) is 0 Å². The van der Waals surface area contributed by atoms with Crippen LogP contribution in [0, 0.1) is 11.7 Å². The molecule has 0 bridgehead atoms. The van der Waals surface area contributed by atoms with Crippen LogP contribution in [-0.4, -0.2) is 68.7 Å². The van der Waals surface area contributed by atoms with Gasteiger partial charge in [-0.05, 0) is 30.2 Å². The zero-order chi connectivity index (χ0) is 18.4. The van der Waals surface area contributed by atoms with Gasteiger partial charge in [-0.1, -0.05) is 13.8 Å². The minimum absolute atomic E-state index is 0.0500. The normalized spacial score (nSPS) is 16.4. The summed E-state index contributed by atoms with van der Waals surface area (Å²) < 4.78 is 44.3. The van der Waals surface area contributed by atoms with Gasteiger partial charge in [0.2, 0.25) is 10.0 Å². The largest absolute Gasteiger partial charge is 0.380 e. The third-order valence-corrected chi connectivity index (χ3v) is 5.78. The van der Waals surface area contributed by atoms with Crippen LogP contribution < -0.4 is 0 Å². The highest BCUT2D eigenvalue weighted by Gasteiger charge is 2.29. The van der Waals surface area contributed by atoms with Crippen LogP contribution in [0.15, 0.2) is 24.3 Å². The molecule has 0 N–H and O–H groups in total. The number of piperazine rings is 1. The highest BCUT2D eigenvalue weighted by Crippen LogP contribution is 2.12. The first-order valence-corrected chi connectivity index (χ1v) is 10.0. The van der Waals surface area contributed by atoms with E-state index in [0.717, 1.165) is 0 Å². The van der Waals surface area contributed by atoms with Crippen LogP contribution in [0.5, 0.6) is 0 Å². The van der Waals surface area contributed by atoms with Crippen molar-refractivity contribution in [2.24, 2.45) is 5.92 Å². The Bertz CT molecular complexity index is 668. The molecule has 1 aromatic carbocycles. The Kier molecular flexibility index (Phi) is 6.92. The Morgan fingerprint density at radius 1 is 1.16 bits per heavy atom. The van der Waals surface area contributed by atoms with E-state index in [1.165, 1.54) is 28.6 Å². The average Bonchev–Trinajstić information content (AvgIpc) is 2.59. The molecule has 6 nitrogen and oxygen atoms in total. The molecule has 25 heavy (non-hydrogen) atoms. The number of rotatable bonds is 7. The van der Waals surface area contributed by atoms with E-state index < -0.39 is 15.8 Å². The fourth-order valence-electron chi connectivity index (χ4n) is 2.56. The predicted octanol–water partition coefficient (Wildman–Crippen LogP) is 1.59. The molecule has 2 rings (SSSR count). The minimum atomic E-state index is -3.38. The lowest BCUT2D eigenvalue weighted by molar-refractivity contribution is 0.0696. The second kappa shape index (κ2) is 8.73. The van der Waals surface area contributed by atoms with Gasteiger partial charge in [-0.3, -0.25) is 4.79 Å². The number of ether oxygens (including phenoxy) is 1. The summed E-state index contributed by atoms with van der Waals surface area (Å²) in [4.78, 5) is 13.9. The quantitative estimate of drug-likeness (QED) is 0.682. The van der Waals surface area contributed by atoms with Gasteiger partial charge in [0.25, 0.3) is 5.91 Å². The number of amides is 1. The lowest BCUT2D eigenvalue weighted by atomic mass is 10.2. The maximum atomic E-state index is 12.9. The van der Waals surface area contributed by atoms with Crippen molar-refractivity contribution in [3.63, 3.8) is 0 Å². The van der Waals surface area contributed by atoms with Gasteiger partial charge in [-0.2, -0.15) is 4.31 Å². The number of hydrogen-bond acceptors (Lipinski definition) is 4. The van der Waals surface area contributed by atoms with Crippen LogP contribution in [0.25, 0.3) is 0 Å². The second-order valence-electron chi connectivity index (χ2n) is 6.48. The summed E-state index contributed by atoms with van der Waals surface area (Å²) in [5.41, 5.74) is 0.403. The first-order valence-electron chi connectivity index (χ1n) is 8.40. The van der Waals surface area contributed by atoms with E-state index in [1.807, 2.05) is 13.8 Å². The molecule has 0 spiro atoms. The van der Waals surface area contributed by atoms with E-state index in [-0.39, 0.29) is 31.4 Å². The number of hydrogen-bond donors (Lipinski definition) is 0. The number of sulfonamides is 1. The summed E-state index contributed by atoms with van der Waals surface area (Å²) in [7, 11) is -3.38. The molecule has 140 valence electrons. The van der Waals surface area contributed by atoms with E-state index in [9.17, 15) is 17.6 Å². The first kappa shape index (κ1) is 19.8. The molecule has 0 saturated carbocycles. The van der Waals surface area contributed by atoms with Crippen molar-refractivity contribution in [3.05, 3.63) is 35.6 Å². The molecule has 1 fully saturated rings. The summed E-state index contributed by atoms with van der Waals surface area (Å²) in [6, 6.07) is 5.36. The predicted molar refractivity (Wildman–Crippen MR) is 93.3 cm³/mol.